The molecule has 0 radical (unpaired) electrons. The Kier molecular flexibility index (Phi) is 11.2. The molecule has 1 heteroatoms. The van der Waals surface area contributed by atoms with Crippen LogP contribution < -0.4 is 0 Å². The van der Waals surface area contributed by atoms with Crippen molar-refractivity contribution in [2.75, 3.05) is 0 Å². The molecular weight excluding hydrogens is 233 g/mol. The van der Waals surface area contributed by atoms with Crippen LogP contribution in [0.15, 0.2) is 0 Å². The summed E-state index contributed by atoms with van der Waals surface area (Å²) in [6.45, 7) is 4.60. The van der Waals surface area contributed by atoms with Crippen LogP contribution in [-0.2, 0) is 0 Å². The topological polar surface area (TPSA) is 0 Å². The number of hydrogen-bond acceptors (Lipinski definition) is 0. The first-order chi connectivity index (χ1) is 4.41. The van der Waals surface area contributed by atoms with E-state index in [0.717, 1.165) is 0 Å². The Bertz CT molecular complexity index is 37.8. The fraction of sp³-hybridized carbons (Fsp3) is 1.00. The van der Waals surface area contributed by atoms with Crippen LogP contribution in [0.5, 0.6) is 0 Å². The molecule has 9 heavy (non-hydrogen) atoms. The molecule has 52 valence electrons. The van der Waals surface area contributed by atoms with Crippen molar-refractivity contribution in [1.82, 2.24) is 0 Å². The molecule has 0 saturated carbocycles. The average Bonchev–Trinajstić information content (AvgIpc) is 1.89. The summed E-state index contributed by atoms with van der Waals surface area (Å²) in [7, 11) is 0. The van der Waals surface area contributed by atoms with Crippen molar-refractivity contribution in [2.45, 2.75) is 41.3 Å². The van der Waals surface area contributed by atoms with Crippen LogP contribution in [-0.4, -0.2) is 44.2 Å². The van der Waals surface area contributed by atoms with Crippen LogP contribution >= 0.6 is 0 Å². The zero-order valence-electron chi connectivity index (χ0n) is 6.95. The van der Waals surface area contributed by atoms with Crippen LogP contribution in [0.4, 0.5) is 0 Å². The summed E-state index contributed by atoms with van der Waals surface area (Å²) in [6.07, 6.45) is 5.91. The molecule has 0 aliphatic rings. The van der Waals surface area contributed by atoms with E-state index in [0.29, 0.717) is 0 Å². The first kappa shape index (κ1) is 10.6. The third-order valence-electron chi connectivity index (χ3n) is 1.71. The van der Waals surface area contributed by atoms with Gasteiger partial charge in [-0.1, -0.05) is 0 Å². The zero-order chi connectivity index (χ0) is 6.95. The molecule has 0 N–H and O–H groups in total. The summed E-state index contributed by atoms with van der Waals surface area (Å²) in [5.74, 6) is 0. The van der Waals surface area contributed by atoms with Crippen molar-refractivity contribution in [1.29, 1.82) is 0 Å². The summed E-state index contributed by atoms with van der Waals surface area (Å²) in [5, 5.41) is 0. The van der Waals surface area contributed by atoms with Gasteiger partial charge in [-0.25, -0.2) is 0 Å². The van der Waals surface area contributed by atoms with E-state index in [-0.39, 0.29) is 44.2 Å². The molecule has 0 aromatic carbocycles. The van der Waals surface area contributed by atoms with Crippen LogP contribution in [0.3, 0.4) is 0 Å². The van der Waals surface area contributed by atoms with E-state index >= 15 is 0 Å². The van der Waals surface area contributed by atoms with Gasteiger partial charge in [0.25, 0.3) is 0 Å². The Hall–Kier alpha value is 1.57. The second-order valence-corrected chi connectivity index (χ2v) is 9.43. The molecule has 0 fully saturated rings. The molecule has 0 nitrogen and oxygen atoms in total. The molecule has 0 saturated heterocycles. The monoisotopic (exact) mass is 252 g/mol. The predicted molar refractivity (Wildman–Crippen MR) is 45.2 cm³/mol. The SMILES string of the molecule is CCC[CH2][Ba][CH2]CCC. The van der Waals surface area contributed by atoms with Gasteiger partial charge in [0.2, 0.25) is 0 Å². The van der Waals surface area contributed by atoms with Crippen LogP contribution in [0.2, 0.25) is 1.78 Å². The second kappa shape index (κ2) is 9.57. The Labute approximate surface area is 84.1 Å². The molecule has 0 amide bonds. The molecule has 0 bridgehead atoms. The molecule has 0 aliphatic heterocycles. The van der Waals surface area contributed by atoms with Crippen LogP contribution in [0, 0.1) is 0 Å². The molecule has 0 spiro atoms. The molecule has 0 aliphatic carbocycles. The molecule has 0 rings (SSSR count). The summed E-state index contributed by atoms with van der Waals surface area (Å²) in [5.41, 5.74) is 0. The number of unbranched alkanes of at least 4 members (excludes halogenated alkanes) is 2. The van der Waals surface area contributed by atoms with Gasteiger partial charge in [0.15, 0.2) is 0 Å². The van der Waals surface area contributed by atoms with E-state index < -0.39 is 0 Å². The first-order valence-electron chi connectivity index (χ1n) is 4.41. The predicted octanol–water partition coefficient (Wildman–Crippen LogP) is 3.13. The van der Waals surface area contributed by atoms with Gasteiger partial charge in [-0.15, -0.1) is 0 Å². The number of hydrogen-bond donors (Lipinski definition) is 0. The summed E-state index contributed by atoms with van der Waals surface area (Å²) in [4.78, 5) is 0. The molecule has 0 heterocycles. The van der Waals surface area contributed by atoms with E-state index in [4.69, 9.17) is 0 Å². The maximum atomic E-state index is 2.30. The van der Waals surface area contributed by atoms with Crippen molar-refractivity contribution < 1.29 is 0 Å². The normalized spacial score (nSPS) is 9.11. The maximum absolute atomic E-state index is 2.30. The summed E-state index contributed by atoms with van der Waals surface area (Å²) >= 11 is -0.253. The van der Waals surface area contributed by atoms with Gasteiger partial charge in [-0.2, -0.15) is 0 Å². The van der Waals surface area contributed by atoms with E-state index in [1.807, 2.05) is 0 Å². The molecule has 0 unspecified atom stereocenters. The van der Waals surface area contributed by atoms with E-state index in [9.17, 15) is 0 Å². The van der Waals surface area contributed by atoms with Crippen LogP contribution in [0.25, 0.3) is 0 Å². The van der Waals surface area contributed by atoms with Crippen molar-refractivity contribution >= 4 is 44.2 Å². The van der Waals surface area contributed by atoms with Gasteiger partial charge in [-0.05, 0) is 0 Å². The Morgan fingerprint density at radius 1 is 0.889 bits per heavy atom. The second-order valence-electron chi connectivity index (χ2n) is 2.77. The summed E-state index contributed by atoms with van der Waals surface area (Å²) in [6, 6.07) is 0. The van der Waals surface area contributed by atoms with Crippen molar-refractivity contribution in [2.24, 2.45) is 0 Å². The van der Waals surface area contributed by atoms with Crippen molar-refractivity contribution in [3.8, 4) is 0 Å². The van der Waals surface area contributed by atoms with Crippen molar-refractivity contribution in [3.63, 3.8) is 0 Å². The third-order valence-corrected chi connectivity index (χ3v) is 7.99. The van der Waals surface area contributed by atoms with E-state index in [2.05, 4.69) is 13.8 Å². The zero-order valence-corrected chi connectivity index (χ0v) is 11.4. The Morgan fingerprint density at radius 2 is 1.33 bits per heavy atom. The molecule has 0 aromatic rings. The van der Waals surface area contributed by atoms with Gasteiger partial charge in [0, 0.05) is 0 Å². The quantitative estimate of drug-likeness (QED) is 0.503. The van der Waals surface area contributed by atoms with Crippen LogP contribution in [0.1, 0.15) is 39.5 Å². The Balaban J connectivity index is 2.60. The number of rotatable bonds is 6. The average molecular weight is 252 g/mol. The van der Waals surface area contributed by atoms with Gasteiger partial charge in [-0.3, -0.25) is 0 Å². The van der Waals surface area contributed by atoms with Crippen molar-refractivity contribution in [3.05, 3.63) is 0 Å². The fourth-order valence-corrected chi connectivity index (χ4v) is 7.50. The minimum absolute atomic E-state index is 0.253. The standard InChI is InChI=1S/2C4H9.Ba/c2*1-3-4-2;/h2*1,3-4H2,2H3;. The summed E-state index contributed by atoms with van der Waals surface area (Å²) < 4.78 is 3.35. The van der Waals surface area contributed by atoms with Gasteiger partial charge >= 0.3 is 85.5 Å². The van der Waals surface area contributed by atoms with Gasteiger partial charge in [0.05, 0.1) is 0 Å². The van der Waals surface area contributed by atoms with E-state index in [1.165, 1.54) is 25.7 Å². The van der Waals surface area contributed by atoms with E-state index in [1.54, 1.807) is 1.78 Å². The van der Waals surface area contributed by atoms with Gasteiger partial charge in [0.1, 0.15) is 0 Å². The van der Waals surface area contributed by atoms with Gasteiger partial charge < -0.3 is 0 Å². The first-order valence-corrected chi connectivity index (χ1v) is 10.7. The third kappa shape index (κ3) is 9.57. The fourth-order valence-electron chi connectivity index (χ4n) is 1.03. The molecule has 0 aromatic heterocycles. The molecular formula is C8H18Ba. The Morgan fingerprint density at radius 3 is 1.67 bits per heavy atom. The molecule has 0 atom stereocenters. The minimum atomic E-state index is -0.253.